The van der Waals surface area contributed by atoms with E-state index in [4.69, 9.17) is 9.84 Å². The topological polar surface area (TPSA) is 128 Å². The van der Waals surface area contributed by atoms with Gasteiger partial charge in [-0.2, -0.15) is 5.10 Å². The Kier molecular flexibility index (Phi) is 7.33. The fourth-order valence-electron chi connectivity index (χ4n) is 2.90. The molecule has 2 amide bonds. The highest BCUT2D eigenvalue weighted by Crippen LogP contribution is 2.29. The fraction of sp³-hybridized carbons (Fsp3) is 0.300. The molecule has 2 heterocycles. The molecule has 1 aromatic heterocycles. The molecule has 164 valence electrons. The molecule has 1 unspecified atom stereocenters. The molecule has 3 rings (SSSR count). The van der Waals surface area contributed by atoms with E-state index in [-0.39, 0.29) is 25.6 Å². The largest absolute Gasteiger partial charge is 0.442 e. The highest BCUT2D eigenvalue weighted by Gasteiger charge is 2.32. The van der Waals surface area contributed by atoms with Gasteiger partial charge in [0, 0.05) is 24.2 Å². The maximum atomic E-state index is 14.8. The first kappa shape index (κ1) is 22.0. The number of hydrazone groups is 1. The Labute approximate surface area is 178 Å². The van der Waals surface area contributed by atoms with Gasteiger partial charge in [-0.1, -0.05) is 0 Å². The molecule has 1 saturated heterocycles. The number of pyridine rings is 1. The highest BCUT2D eigenvalue weighted by molar-refractivity contribution is 5.90. The molecule has 31 heavy (non-hydrogen) atoms. The van der Waals surface area contributed by atoms with Gasteiger partial charge in [-0.05, 0) is 30.3 Å². The van der Waals surface area contributed by atoms with Crippen molar-refractivity contribution in [3.05, 3.63) is 42.3 Å². The molecule has 1 fully saturated rings. The van der Waals surface area contributed by atoms with Gasteiger partial charge in [0.05, 0.1) is 31.9 Å². The van der Waals surface area contributed by atoms with Crippen LogP contribution in [0.1, 0.15) is 6.92 Å². The zero-order valence-corrected chi connectivity index (χ0v) is 16.8. The van der Waals surface area contributed by atoms with Crippen LogP contribution in [0.15, 0.2) is 41.6 Å². The molecular weight excluding hydrogens is 407 g/mol. The molecule has 0 saturated carbocycles. The van der Waals surface area contributed by atoms with E-state index in [9.17, 15) is 14.0 Å². The van der Waals surface area contributed by atoms with Gasteiger partial charge in [0.1, 0.15) is 24.1 Å². The van der Waals surface area contributed by atoms with Gasteiger partial charge >= 0.3 is 6.09 Å². The van der Waals surface area contributed by atoms with Gasteiger partial charge in [-0.3, -0.25) is 9.69 Å². The average molecular weight is 430 g/mol. The van der Waals surface area contributed by atoms with Crippen LogP contribution < -0.4 is 21.0 Å². The summed E-state index contributed by atoms with van der Waals surface area (Å²) in [5.41, 5.74) is 3.89. The van der Waals surface area contributed by atoms with Crippen molar-refractivity contribution in [1.82, 2.24) is 15.7 Å². The minimum absolute atomic E-state index is 0.0226. The summed E-state index contributed by atoms with van der Waals surface area (Å²) in [4.78, 5) is 28.7. The van der Waals surface area contributed by atoms with Gasteiger partial charge in [0.25, 0.3) is 0 Å². The summed E-state index contributed by atoms with van der Waals surface area (Å²) in [6.07, 6.45) is 1.82. The Morgan fingerprint density at radius 2 is 2.26 bits per heavy atom. The van der Waals surface area contributed by atoms with Crippen LogP contribution in [-0.2, 0) is 9.53 Å². The third kappa shape index (κ3) is 5.89. The molecule has 1 atom stereocenters. The van der Waals surface area contributed by atoms with E-state index in [1.165, 1.54) is 30.4 Å². The van der Waals surface area contributed by atoms with Crippen molar-refractivity contribution in [3.8, 4) is 11.1 Å². The standard InChI is InChI=1S/C20H23FN6O4/c1-13(29)22-10-16-11-27(20(30)31-16)15-3-4-17(18(21)8-15)14-2-5-19(23-9-14)24-12-26-25-6-7-28/h2-5,8-9,12,16,25,28H,6-7,10-11H2,1H3,(H,22,29)(H,23,24,26). The van der Waals surface area contributed by atoms with Crippen LogP contribution >= 0.6 is 0 Å². The summed E-state index contributed by atoms with van der Waals surface area (Å²) in [7, 11) is 0. The summed E-state index contributed by atoms with van der Waals surface area (Å²) in [6.45, 7) is 2.11. The number of anilines is 2. The number of aromatic nitrogens is 1. The van der Waals surface area contributed by atoms with Crippen LogP contribution in [0.5, 0.6) is 0 Å². The molecule has 4 N–H and O–H groups in total. The molecule has 0 bridgehead atoms. The molecule has 0 aliphatic carbocycles. The number of benzene rings is 1. The Hall–Kier alpha value is -3.73. The number of carbonyl (C=O) groups excluding carboxylic acids is 2. The van der Waals surface area contributed by atoms with Gasteiger partial charge < -0.3 is 25.9 Å². The summed E-state index contributed by atoms with van der Waals surface area (Å²) in [5, 5.41) is 17.9. The summed E-state index contributed by atoms with van der Waals surface area (Å²) >= 11 is 0. The fourth-order valence-corrected chi connectivity index (χ4v) is 2.90. The molecule has 1 aromatic carbocycles. The minimum atomic E-state index is -0.588. The first-order valence-corrected chi connectivity index (χ1v) is 9.58. The summed E-state index contributed by atoms with van der Waals surface area (Å²) in [5.74, 6) is -0.210. The zero-order chi connectivity index (χ0) is 22.2. The Balaban J connectivity index is 1.65. The molecule has 1 aliphatic heterocycles. The number of ether oxygens (including phenoxy) is 1. The van der Waals surface area contributed by atoms with E-state index in [1.807, 2.05) is 0 Å². The maximum Gasteiger partial charge on any atom is 0.414 e. The van der Waals surface area contributed by atoms with Gasteiger partial charge in [0.15, 0.2) is 0 Å². The van der Waals surface area contributed by atoms with Crippen molar-refractivity contribution in [2.75, 3.05) is 36.5 Å². The van der Waals surface area contributed by atoms with Crippen LogP contribution in [-0.4, -0.2) is 60.8 Å². The van der Waals surface area contributed by atoms with Crippen molar-refractivity contribution in [2.24, 2.45) is 5.10 Å². The van der Waals surface area contributed by atoms with Crippen LogP contribution in [0.3, 0.4) is 0 Å². The van der Waals surface area contributed by atoms with Crippen molar-refractivity contribution >= 4 is 29.8 Å². The third-order valence-corrected chi connectivity index (χ3v) is 4.38. The van der Waals surface area contributed by atoms with Crippen LogP contribution in [0.2, 0.25) is 0 Å². The molecule has 0 radical (unpaired) electrons. The summed E-state index contributed by atoms with van der Waals surface area (Å²) in [6, 6.07) is 7.85. The summed E-state index contributed by atoms with van der Waals surface area (Å²) < 4.78 is 20.0. The number of rotatable bonds is 9. The highest BCUT2D eigenvalue weighted by atomic mass is 19.1. The van der Waals surface area contributed by atoms with E-state index >= 15 is 0 Å². The van der Waals surface area contributed by atoms with E-state index in [2.05, 4.69) is 26.1 Å². The lowest BCUT2D eigenvalue weighted by Gasteiger charge is -2.14. The molecule has 1 aliphatic rings. The van der Waals surface area contributed by atoms with Crippen molar-refractivity contribution in [1.29, 1.82) is 0 Å². The number of nitrogens with zero attached hydrogens (tertiary/aromatic N) is 3. The Morgan fingerprint density at radius 1 is 1.42 bits per heavy atom. The number of amides is 2. The lowest BCUT2D eigenvalue weighted by molar-refractivity contribution is -0.119. The SMILES string of the molecule is CC(=O)NCC1CN(c2ccc(-c3ccc(N/C=N\NCCO)nc3)c(F)c2)C(=O)O1. The quantitative estimate of drug-likeness (QED) is 0.204. The number of aliphatic hydroxyl groups excluding tert-OH is 1. The Morgan fingerprint density at radius 3 is 2.94 bits per heavy atom. The number of hydrogen-bond donors (Lipinski definition) is 4. The predicted octanol–water partition coefficient (Wildman–Crippen LogP) is 1.29. The third-order valence-electron chi connectivity index (χ3n) is 4.38. The number of nitrogens with one attached hydrogen (secondary N) is 3. The van der Waals surface area contributed by atoms with Crippen LogP contribution in [0.25, 0.3) is 11.1 Å². The average Bonchev–Trinajstić information content (AvgIpc) is 3.13. The zero-order valence-electron chi connectivity index (χ0n) is 16.8. The van der Waals surface area contributed by atoms with Gasteiger partial charge in [-0.15, -0.1) is 0 Å². The first-order valence-electron chi connectivity index (χ1n) is 9.58. The lowest BCUT2D eigenvalue weighted by Crippen LogP contribution is -2.33. The number of carbonyl (C=O) groups is 2. The number of aliphatic hydroxyl groups is 1. The van der Waals surface area contributed by atoms with Crippen LogP contribution in [0.4, 0.5) is 20.7 Å². The van der Waals surface area contributed by atoms with Crippen LogP contribution in [0, 0.1) is 5.82 Å². The molecular formula is C20H23FN6O4. The normalized spacial score (nSPS) is 15.8. The second kappa shape index (κ2) is 10.3. The molecule has 10 nitrogen and oxygen atoms in total. The minimum Gasteiger partial charge on any atom is -0.442 e. The Bertz CT molecular complexity index is 953. The number of halogens is 1. The monoisotopic (exact) mass is 430 g/mol. The van der Waals surface area contributed by atoms with Gasteiger partial charge in [-0.25, -0.2) is 14.2 Å². The van der Waals surface area contributed by atoms with E-state index < -0.39 is 18.0 Å². The van der Waals surface area contributed by atoms with Crippen molar-refractivity contribution in [3.63, 3.8) is 0 Å². The second-order valence-electron chi connectivity index (χ2n) is 6.68. The van der Waals surface area contributed by atoms with E-state index in [1.54, 1.807) is 24.3 Å². The molecule has 0 spiro atoms. The van der Waals surface area contributed by atoms with Crippen molar-refractivity contribution < 1.29 is 23.8 Å². The maximum absolute atomic E-state index is 14.8. The lowest BCUT2D eigenvalue weighted by atomic mass is 10.1. The van der Waals surface area contributed by atoms with Crippen molar-refractivity contribution in [2.45, 2.75) is 13.0 Å². The number of cyclic esters (lactones) is 1. The first-order chi connectivity index (χ1) is 15.0. The second-order valence-corrected chi connectivity index (χ2v) is 6.68. The van der Waals surface area contributed by atoms with E-state index in [0.717, 1.165) is 0 Å². The molecule has 2 aromatic rings. The predicted molar refractivity (Wildman–Crippen MR) is 113 cm³/mol. The van der Waals surface area contributed by atoms with E-state index in [0.29, 0.717) is 29.2 Å². The smallest absolute Gasteiger partial charge is 0.414 e. The number of hydrogen-bond acceptors (Lipinski definition) is 7. The molecule has 11 heteroatoms. The van der Waals surface area contributed by atoms with Gasteiger partial charge in [0.2, 0.25) is 5.91 Å².